The molecule has 160 valence electrons. The van der Waals surface area contributed by atoms with Crippen molar-refractivity contribution in [3.05, 3.63) is 68.0 Å². The number of carbonyl (C=O) groups excluding carboxylic acids is 1. The third kappa shape index (κ3) is 4.00. The molecule has 3 heterocycles. The minimum Gasteiger partial charge on any atom is -0.271 e. The molecule has 0 radical (unpaired) electrons. The summed E-state index contributed by atoms with van der Waals surface area (Å²) in [7, 11) is 0. The van der Waals surface area contributed by atoms with Crippen LogP contribution < -0.4 is 11.0 Å². The lowest BCUT2D eigenvalue weighted by molar-refractivity contribution is -0.142. The number of benzene rings is 1. The quantitative estimate of drug-likeness (QED) is 0.445. The average molecular weight is 512 g/mol. The number of amides is 1. The van der Waals surface area contributed by atoms with E-state index in [2.05, 4.69) is 31.4 Å². The number of carbonyl (C=O) groups is 1. The Morgan fingerprint density at radius 2 is 1.97 bits per heavy atom. The number of alkyl halides is 3. The van der Waals surface area contributed by atoms with E-state index in [0.717, 1.165) is 9.36 Å². The summed E-state index contributed by atoms with van der Waals surface area (Å²) in [5, 5.41) is 5.58. The van der Waals surface area contributed by atoms with Crippen molar-refractivity contribution >= 4 is 44.1 Å². The average Bonchev–Trinajstić information content (AvgIpc) is 3.34. The van der Waals surface area contributed by atoms with Gasteiger partial charge in [-0.25, -0.2) is 4.98 Å². The number of fused-ring (bicyclic) bond motifs is 1. The van der Waals surface area contributed by atoms with Crippen molar-refractivity contribution in [1.82, 2.24) is 19.4 Å². The number of aromatic nitrogens is 4. The summed E-state index contributed by atoms with van der Waals surface area (Å²) in [4.78, 5) is 30.8. The predicted molar refractivity (Wildman–Crippen MR) is 113 cm³/mol. The smallest absolute Gasteiger partial charge is 0.271 e. The number of rotatable bonds is 4. The number of para-hydroxylation sites is 1. The van der Waals surface area contributed by atoms with Gasteiger partial charge in [0.2, 0.25) is 0 Å². The van der Waals surface area contributed by atoms with Crippen LogP contribution in [-0.4, -0.2) is 25.3 Å². The maximum atomic E-state index is 13.1. The second-order valence-corrected chi connectivity index (χ2v) is 8.25. The number of hydrogen-bond acceptors (Lipinski definition) is 5. The minimum atomic E-state index is -4.67. The predicted octanol–water partition coefficient (Wildman–Crippen LogP) is 4.18. The molecule has 12 heteroatoms. The number of nitrogens with zero attached hydrogens (tertiary/aromatic N) is 4. The summed E-state index contributed by atoms with van der Waals surface area (Å²) in [6, 6.07) is 10.2. The first-order valence-corrected chi connectivity index (χ1v) is 10.5. The highest BCUT2D eigenvalue weighted by molar-refractivity contribution is 9.10. The molecule has 0 aliphatic carbocycles. The standard InChI is InChI=1S/C19H13BrF3N5O2S/c1-10-15(20)16(19(21,22)23)26-27(10)9-14(29)25-28-17(13-7-4-8-31-13)24-12-6-3-2-5-11(12)18(28)30/h2-8H,9H2,1H3,(H,25,29). The molecule has 1 aromatic carbocycles. The van der Waals surface area contributed by atoms with Crippen LogP contribution in [0.15, 0.2) is 51.0 Å². The van der Waals surface area contributed by atoms with Gasteiger partial charge in [-0.05, 0) is 46.4 Å². The Kier molecular flexibility index (Phi) is 5.43. The number of thiophene rings is 1. The van der Waals surface area contributed by atoms with Crippen molar-refractivity contribution in [3.63, 3.8) is 0 Å². The van der Waals surface area contributed by atoms with Gasteiger partial charge in [-0.2, -0.15) is 22.9 Å². The van der Waals surface area contributed by atoms with Crippen LogP contribution in [0, 0.1) is 6.92 Å². The van der Waals surface area contributed by atoms with E-state index in [-0.39, 0.29) is 16.0 Å². The molecule has 0 bridgehead atoms. The monoisotopic (exact) mass is 511 g/mol. The third-order valence-electron chi connectivity index (χ3n) is 4.45. The van der Waals surface area contributed by atoms with Crippen LogP contribution in [0.1, 0.15) is 11.4 Å². The first-order valence-electron chi connectivity index (χ1n) is 8.82. The fourth-order valence-electron chi connectivity index (χ4n) is 2.96. The van der Waals surface area contributed by atoms with Gasteiger partial charge in [-0.15, -0.1) is 11.3 Å². The molecule has 1 N–H and O–H groups in total. The van der Waals surface area contributed by atoms with Gasteiger partial charge in [0.05, 0.1) is 25.9 Å². The van der Waals surface area contributed by atoms with Crippen molar-refractivity contribution in [1.29, 1.82) is 0 Å². The maximum absolute atomic E-state index is 13.1. The van der Waals surface area contributed by atoms with Crippen molar-refractivity contribution in [3.8, 4) is 10.7 Å². The summed E-state index contributed by atoms with van der Waals surface area (Å²) in [5.74, 6) is -0.509. The molecule has 4 aromatic rings. The zero-order chi connectivity index (χ0) is 22.3. The molecule has 31 heavy (non-hydrogen) atoms. The van der Waals surface area contributed by atoms with Gasteiger partial charge >= 0.3 is 6.18 Å². The van der Waals surface area contributed by atoms with Crippen molar-refractivity contribution in [2.45, 2.75) is 19.6 Å². The Labute approximate surface area is 185 Å². The second kappa shape index (κ2) is 7.93. The Morgan fingerprint density at radius 3 is 2.61 bits per heavy atom. The van der Waals surface area contributed by atoms with Crippen LogP contribution in [-0.2, 0) is 17.5 Å². The lowest BCUT2D eigenvalue weighted by atomic mass is 10.2. The van der Waals surface area contributed by atoms with E-state index in [1.165, 1.54) is 18.3 Å². The molecule has 1 amide bonds. The molecule has 0 unspecified atom stereocenters. The van der Waals surface area contributed by atoms with E-state index >= 15 is 0 Å². The van der Waals surface area contributed by atoms with Crippen LogP contribution in [0.4, 0.5) is 13.2 Å². The lowest BCUT2D eigenvalue weighted by Gasteiger charge is -2.14. The molecule has 0 aliphatic heterocycles. The van der Waals surface area contributed by atoms with E-state index in [0.29, 0.717) is 15.8 Å². The first-order chi connectivity index (χ1) is 14.7. The largest absolute Gasteiger partial charge is 0.436 e. The Morgan fingerprint density at radius 1 is 1.23 bits per heavy atom. The third-order valence-corrected chi connectivity index (χ3v) is 6.26. The van der Waals surface area contributed by atoms with Gasteiger partial charge in [0.15, 0.2) is 11.5 Å². The molecule has 0 spiro atoms. The van der Waals surface area contributed by atoms with Gasteiger partial charge in [-0.1, -0.05) is 18.2 Å². The number of halogens is 4. The summed E-state index contributed by atoms with van der Waals surface area (Å²) in [6.45, 7) is 0.879. The SMILES string of the molecule is Cc1c(Br)c(C(F)(F)F)nn1CC(=O)Nn1c(-c2cccs2)nc2ccccc2c1=O. The van der Waals surface area contributed by atoms with Gasteiger partial charge < -0.3 is 0 Å². The molecule has 3 aromatic heterocycles. The van der Waals surface area contributed by atoms with E-state index in [4.69, 9.17) is 0 Å². The molecule has 0 saturated carbocycles. The van der Waals surface area contributed by atoms with Gasteiger partial charge in [0.1, 0.15) is 6.54 Å². The Balaban J connectivity index is 1.72. The van der Waals surface area contributed by atoms with Crippen LogP contribution in [0.5, 0.6) is 0 Å². The van der Waals surface area contributed by atoms with E-state index in [9.17, 15) is 22.8 Å². The fraction of sp³-hybridized carbons (Fsp3) is 0.158. The van der Waals surface area contributed by atoms with Gasteiger partial charge in [0, 0.05) is 0 Å². The zero-order valence-corrected chi connectivity index (χ0v) is 18.2. The second-order valence-electron chi connectivity index (χ2n) is 6.51. The molecule has 0 aliphatic rings. The summed E-state index contributed by atoms with van der Waals surface area (Å²) < 4.78 is 40.9. The highest BCUT2D eigenvalue weighted by Crippen LogP contribution is 2.35. The van der Waals surface area contributed by atoms with Gasteiger partial charge in [0.25, 0.3) is 11.5 Å². The van der Waals surface area contributed by atoms with Gasteiger partial charge in [-0.3, -0.25) is 19.7 Å². The Bertz CT molecular complexity index is 1350. The van der Waals surface area contributed by atoms with Crippen LogP contribution in [0.25, 0.3) is 21.6 Å². The molecule has 0 atom stereocenters. The van der Waals surface area contributed by atoms with Crippen LogP contribution in [0.2, 0.25) is 0 Å². The van der Waals surface area contributed by atoms with E-state index in [1.54, 1.807) is 41.8 Å². The highest BCUT2D eigenvalue weighted by Gasteiger charge is 2.38. The fourth-order valence-corrected chi connectivity index (χ4v) is 4.17. The molecule has 0 fully saturated rings. The normalized spacial score (nSPS) is 11.8. The minimum absolute atomic E-state index is 0.130. The number of nitrogens with one attached hydrogen (secondary N) is 1. The van der Waals surface area contributed by atoms with Crippen molar-refractivity contribution < 1.29 is 18.0 Å². The summed E-state index contributed by atoms with van der Waals surface area (Å²) in [5.41, 5.74) is 1.42. The van der Waals surface area contributed by atoms with E-state index < -0.39 is 29.9 Å². The molecular weight excluding hydrogens is 499 g/mol. The molecular formula is C19H13BrF3N5O2S. The number of hydrogen-bond donors (Lipinski definition) is 1. The topological polar surface area (TPSA) is 81.8 Å². The highest BCUT2D eigenvalue weighted by atomic mass is 79.9. The lowest BCUT2D eigenvalue weighted by Crippen LogP contribution is -2.37. The molecule has 4 rings (SSSR count). The molecule has 7 nitrogen and oxygen atoms in total. The summed E-state index contributed by atoms with van der Waals surface area (Å²) >= 11 is 4.20. The van der Waals surface area contributed by atoms with Crippen LogP contribution >= 0.6 is 27.3 Å². The zero-order valence-electron chi connectivity index (χ0n) is 15.8. The molecule has 0 saturated heterocycles. The van der Waals surface area contributed by atoms with Crippen molar-refractivity contribution in [2.24, 2.45) is 0 Å². The van der Waals surface area contributed by atoms with Crippen LogP contribution in [0.3, 0.4) is 0 Å². The van der Waals surface area contributed by atoms with E-state index in [1.807, 2.05) is 0 Å². The van der Waals surface area contributed by atoms with Crippen molar-refractivity contribution in [2.75, 3.05) is 5.43 Å². The Hall–Kier alpha value is -2.99. The summed E-state index contributed by atoms with van der Waals surface area (Å²) in [6.07, 6.45) is -4.67. The first kappa shape index (κ1) is 21.2. The maximum Gasteiger partial charge on any atom is 0.436 e.